The SMILES string of the molecule is CC(C(N)=S)S(=O)(=O)N1CCC(O)CC1. The summed E-state index contributed by atoms with van der Waals surface area (Å²) < 4.78 is 25.2. The summed E-state index contributed by atoms with van der Waals surface area (Å²) in [6.07, 6.45) is 0.559. The second-order valence-corrected chi connectivity index (χ2v) is 6.44. The summed E-state index contributed by atoms with van der Waals surface area (Å²) in [4.78, 5) is -0.0129. The van der Waals surface area contributed by atoms with Gasteiger partial charge in [0.1, 0.15) is 5.25 Å². The molecule has 1 fully saturated rings. The molecule has 0 saturated carbocycles. The monoisotopic (exact) mass is 252 g/mol. The molecule has 3 N–H and O–H groups in total. The van der Waals surface area contributed by atoms with Crippen LogP contribution in [0.2, 0.25) is 0 Å². The number of thiocarbonyl (C=S) groups is 1. The van der Waals surface area contributed by atoms with Crippen LogP contribution in [0, 0.1) is 0 Å². The molecule has 1 aliphatic heterocycles. The summed E-state index contributed by atoms with van der Waals surface area (Å²) in [5, 5.41) is 8.44. The molecule has 7 heteroatoms. The van der Waals surface area contributed by atoms with Gasteiger partial charge in [-0.3, -0.25) is 0 Å². The third-order valence-electron chi connectivity index (χ3n) is 2.63. The minimum atomic E-state index is -3.43. The Morgan fingerprint density at radius 1 is 1.53 bits per heavy atom. The fourth-order valence-corrected chi connectivity index (χ4v) is 3.29. The van der Waals surface area contributed by atoms with E-state index in [1.165, 1.54) is 11.2 Å². The van der Waals surface area contributed by atoms with Crippen molar-refractivity contribution < 1.29 is 13.5 Å². The molecule has 0 spiro atoms. The Balaban J connectivity index is 2.74. The molecule has 0 aromatic heterocycles. The zero-order valence-electron chi connectivity index (χ0n) is 8.59. The molecular weight excluding hydrogens is 236 g/mol. The lowest BCUT2D eigenvalue weighted by Crippen LogP contribution is -2.47. The molecule has 5 nitrogen and oxygen atoms in total. The molecule has 0 aromatic rings. The maximum atomic E-state index is 11.9. The molecule has 1 heterocycles. The van der Waals surface area contributed by atoms with Crippen LogP contribution in [0.5, 0.6) is 0 Å². The minimum Gasteiger partial charge on any atom is -0.393 e. The molecule has 1 rings (SSSR count). The molecule has 0 bridgehead atoms. The fraction of sp³-hybridized carbons (Fsp3) is 0.875. The van der Waals surface area contributed by atoms with Crippen LogP contribution in [0.15, 0.2) is 0 Å². The van der Waals surface area contributed by atoms with E-state index in [1.54, 1.807) is 0 Å². The Morgan fingerprint density at radius 3 is 2.40 bits per heavy atom. The van der Waals surface area contributed by atoms with Gasteiger partial charge in [-0.2, -0.15) is 0 Å². The predicted molar refractivity (Wildman–Crippen MR) is 62.0 cm³/mol. The normalized spacial score (nSPS) is 22.5. The Labute approximate surface area is 95.3 Å². The number of hydrogen-bond donors (Lipinski definition) is 2. The van der Waals surface area contributed by atoms with Gasteiger partial charge in [0, 0.05) is 13.1 Å². The predicted octanol–water partition coefficient (Wildman–Crippen LogP) is -0.552. The van der Waals surface area contributed by atoms with Gasteiger partial charge in [0.2, 0.25) is 10.0 Å². The van der Waals surface area contributed by atoms with Crippen molar-refractivity contribution in [3.63, 3.8) is 0 Å². The molecule has 1 aliphatic rings. The van der Waals surface area contributed by atoms with Gasteiger partial charge in [-0.25, -0.2) is 12.7 Å². The van der Waals surface area contributed by atoms with E-state index in [0.29, 0.717) is 25.9 Å². The van der Waals surface area contributed by atoms with Crippen LogP contribution in [0.4, 0.5) is 0 Å². The topological polar surface area (TPSA) is 83.6 Å². The molecule has 1 atom stereocenters. The highest BCUT2D eigenvalue weighted by atomic mass is 32.2. The van der Waals surface area contributed by atoms with Crippen LogP contribution in [0.25, 0.3) is 0 Å². The maximum absolute atomic E-state index is 11.9. The van der Waals surface area contributed by atoms with Crippen LogP contribution in [0.1, 0.15) is 19.8 Å². The maximum Gasteiger partial charge on any atom is 0.223 e. The Bertz CT molecular complexity index is 334. The molecule has 0 aromatic carbocycles. The standard InChI is InChI=1S/C8H16N2O3S2/c1-6(8(9)14)15(12,13)10-4-2-7(11)3-5-10/h6-7,11H,2-5H2,1H3,(H2,9,14). The van der Waals surface area contributed by atoms with E-state index in [2.05, 4.69) is 12.2 Å². The lowest BCUT2D eigenvalue weighted by molar-refractivity contribution is 0.113. The third kappa shape index (κ3) is 2.87. The Kier molecular flexibility index (Phi) is 4.05. The number of aliphatic hydroxyl groups excluding tert-OH is 1. The number of nitrogens with two attached hydrogens (primary N) is 1. The number of piperidine rings is 1. The average Bonchev–Trinajstić information content (AvgIpc) is 2.17. The molecule has 0 aliphatic carbocycles. The van der Waals surface area contributed by atoms with Crippen molar-refractivity contribution in [3.05, 3.63) is 0 Å². The zero-order chi connectivity index (χ0) is 11.6. The van der Waals surface area contributed by atoms with Crippen molar-refractivity contribution in [2.45, 2.75) is 31.1 Å². The van der Waals surface area contributed by atoms with Crippen LogP contribution < -0.4 is 5.73 Å². The highest BCUT2D eigenvalue weighted by molar-refractivity contribution is 7.92. The highest BCUT2D eigenvalue weighted by Gasteiger charge is 2.32. The molecule has 15 heavy (non-hydrogen) atoms. The number of aliphatic hydroxyl groups is 1. The van der Waals surface area contributed by atoms with Gasteiger partial charge in [-0.05, 0) is 19.8 Å². The second-order valence-electron chi connectivity index (χ2n) is 3.72. The van der Waals surface area contributed by atoms with Crippen molar-refractivity contribution in [3.8, 4) is 0 Å². The van der Waals surface area contributed by atoms with Gasteiger partial charge >= 0.3 is 0 Å². The highest BCUT2D eigenvalue weighted by Crippen LogP contribution is 2.17. The molecular formula is C8H16N2O3S2. The summed E-state index contributed by atoms with van der Waals surface area (Å²) in [6, 6.07) is 0. The minimum absolute atomic E-state index is 0.0129. The van der Waals surface area contributed by atoms with Gasteiger partial charge in [-0.15, -0.1) is 0 Å². The van der Waals surface area contributed by atoms with Gasteiger partial charge in [0.15, 0.2) is 0 Å². The molecule has 1 saturated heterocycles. The van der Waals surface area contributed by atoms with Crippen LogP contribution in [-0.2, 0) is 10.0 Å². The summed E-state index contributed by atoms with van der Waals surface area (Å²) in [7, 11) is -3.43. The van der Waals surface area contributed by atoms with Gasteiger partial charge in [0.25, 0.3) is 0 Å². The average molecular weight is 252 g/mol. The largest absolute Gasteiger partial charge is 0.393 e. The van der Waals surface area contributed by atoms with Crippen molar-refractivity contribution in [1.82, 2.24) is 4.31 Å². The van der Waals surface area contributed by atoms with E-state index in [1.807, 2.05) is 0 Å². The molecule has 1 unspecified atom stereocenters. The van der Waals surface area contributed by atoms with E-state index in [0.717, 1.165) is 0 Å². The number of rotatable bonds is 3. The molecule has 88 valence electrons. The zero-order valence-corrected chi connectivity index (χ0v) is 10.2. The van der Waals surface area contributed by atoms with Crippen LogP contribution in [0.3, 0.4) is 0 Å². The van der Waals surface area contributed by atoms with Crippen molar-refractivity contribution in [1.29, 1.82) is 0 Å². The Morgan fingerprint density at radius 2 is 2.00 bits per heavy atom. The summed E-state index contributed by atoms with van der Waals surface area (Å²) in [5.74, 6) is 0. The van der Waals surface area contributed by atoms with E-state index >= 15 is 0 Å². The summed E-state index contributed by atoms with van der Waals surface area (Å²) in [5.41, 5.74) is 5.33. The quantitative estimate of drug-likeness (QED) is 0.658. The van der Waals surface area contributed by atoms with Crippen LogP contribution >= 0.6 is 12.2 Å². The Hall–Kier alpha value is -0.240. The molecule has 0 amide bonds. The van der Waals surface area contributed by atoms with E-state index in [4.69, 9.17) is 5.73 Å². The number of nitrogens with zero attached hydrogens (tertiary/aromatic N) is 1. The van der Waals surface area contributed by atoms with E-state index < -0.39 is 21.4 Å². The first kappa shape index (κ1) is 12.8. The van der Waals surface area contributed by atoms with E-state index in [9.17, 15) is 13.5 Å². The first-order valence-corrected chi connectivity index (χ1v) is 6.73. The van der Waals surface area contributed by atoms with Crippen molar-refractivity contribution in [2.75, 3.05) is 13.1 Å². The van der Waals surface area contributed by atoms with Gasteiger partial charge < -0.3 is 10.8 Å². The van der Waals surface area contributed by atoms with Crippen LogP contribution in [-0.4, -0.2) is 47.3 Å². The van der Waals surface area contributed by atoms with Gasteiger partial charge in [-0.1, -0.05) is 12.2 Å². The van der Waals surface area contributed by atoms with Gasteiger partial charge in [0.05, 0.1) is 11.1 Å². The first-order chi connectivity index (χ1) is 6.85. The smallest absolute Gasteiger partial charge is 0.223 e. The van der Waals surface area contributed by atoms with E-state index in [-0.39, 0.29) is 4.99 Å². The second kappa shape index (κ2) is 4.73. The lowest BCUT2D eigenvalue weighted by atomic mass is 10.1. The third-order valence-corrected chi connectivity index (χ3v) is 5.37. The lowest BCUT2D eigenvalue weighted by Gasteiger charge is -2.30. The molecule has 0 radical (unpaired) electrons. The number of hydrogen-bond acceptors (Lipinski definition) is 4. The van der Waals surface area contributed by atoms with Crippen molar-refractivity contribution >= 4 is 27.2 Å². The summed E-state index contributed by atoms with van der Waals surface area (Å²) in [6.45, 7) is 2.18. The summed E-state index contributed by atoms with van der Waals surface area (Å²) >= 11 is 4.68. The van der Waals surface area contributed by atoms with Crippen molar-refractivity contribution in [2.24, 2.45) is 5.73 Å². The number of sulfonamides is 1. The first-order valence-electron chi connectivity index (χ1n) is 4.82. The fourth-order valence-electron chi connectivity index (χ4n) is 1.47.